The first-order valence-corrected chi connectivity index (χ1v) is 11.5. The Morgan fingerprint density at radius 2 is 2.14 bits per heavy atom. The van der Waals surface area contributed by atoms with Gasteiger partial charge in [-0.05, 0) is 37.4 Å². The number of nitrogens with zero attached hydrogens (tertiary/aromatic N) is 5. The minimum absolute atomic E-state index is 0.0348. The first-order chi connectivity index (χ1) is 17.9. The molecule has 0 saturated carbocycles. The van der Waals surface area contributed by atoms with Crippen LogP contribution in [0.25, 0.3) is 22.2 Å². The summed E-state index contributed by atoms with van der Waals surface area (Å²) in [5.74, 6) is -0.967. The summed E-state index contributed by atoms with van der Waals surface area (Å²) in [5, 5.41) is 27.1. The van der Waals surface area contributed by atoms with Gasteiger partial charge in [-0.15, -0.1) is 5.10 Å². The molecule has 0 saturated heterocycles. The van der Waals surface area contributed by atoms with E-state index in [0.717, 1.165) is 0 Å². The standard InChI is InChI=1S/C25H21ClF2N8O/c1-30-7-2-3-24(37)33-22-11-18-21(10-17(22)23-14-36(8-6-27)35-34-23)31-13-15(12-29)25(18)32-16-4-5-20(28)19(26)9-16/h2-5,9-11,13-14,30H,6-8H2,1H3,(H,31,32)(H,33,37)/b3-2+. The predicted octanol–water partition coefficient (Wildman–Crippen LogP) is 4.58. The minimum Gasteiger partial charge on any atom is -0.354 e. The van der Waals surface area contributed by atoms with Gasteiger partial charge in [0.1, 0.15) is 24.3 Å². The van der Waals surface area contributed by atoms with Crippen molar-refractivity contribution in [3.63, 3.8) is 0 Å². The number of fused-ring (bicyclic) bond motifs is 1. The molecule has 2 aromatic heterocycles. The van der Waals surface area contributed by atoms with Gasteiger partial charge in [-0.25, -0.2) is 13.5 Å². The largest absolute Gasteiger partial charge is 0.354 e. The molecule has 0 fully saturated rings. The smallest absolute Gasteiger partial charge is 0.248 e. The Morgan fingerprint density at radius 1 is 1.30 bits per heavy atom. The predicted molar refractivity (Wildman–Crippen MR) is 138 cm³/mol. The van der Waals surface area contributed by atoms with Crippen LogP contribution in [0.15, 0.2) is 54.9 Å². The van der Waals surface area contributed by atoms with Crippen molar-refractivity contribution < 1.29 is 13.6 Å². The molecule has 12 heteroatoms. The highest BCUT2D eigenvalue weighted by atomic mass is 35.5. The molecular formula is C25H21ClF2N8O. The van der Waals surface area contributed by atoms with E-state index in [9.17, 15) is 18.8 Å². The number of rotatable bonds is 9. The van der Waals surface area contributed by atoms with Crippen molar-refractivity contribution in [1.29, 1.82) is 5.26 Å². The SMILES string of the molecule is CNC/C=C/C(=O)Nc1cc2c(Nc3ccc(F)c(Cl)c3)c(C#N)cnc2cc1-c1cn(CCF)nn1. The zero-order valence-electron chi connectivity index (χ0n) is 19.6. The van der Waals surface area contributed by atoms with E-state index in [-0.39, 0.29) is 17.1 Å². The lowest BCUT2D eigenvalue weighted by Crippen LogP contribution is -2.11. The van der Waals surface area contributed by atoms with Crippen molar-refractivity contribution in [3.05, 3.63) is 71.3 Å². The van der Waals surface area contributed by atoms with E-state index < -0.39 is 18.4 Å². The van der Waals surface area contributed by atoms with Crippen LogP contribution in [-0.2, 0) is 11.3 Å². The number of likely N-dealkylation sites (N-methyl/N-ethyl adjacent to an activating group) is 1. The molecule has 4 aromatic rings. The first kappa shape index (κ1) is 25.7. The molecule has 2 heterocycles. The fourth-order valence-electron chi connectivity index (χ4n) is 3.57. The molecule has 0 aliphatic carbocycles. The molecule has 0 aliphatic heterocycles. The average molecular weight is 523 g/mol. The third-order valence-electron chi connectivity index (χ3n) is 5.29. The van der Waals surface area contributed by atoms with Gasteiger partial charge in [-0.1, -0.05) is 22.9 Å². The Labute approximate surface area is 215 Å². The van der Waals surface area contributed by atoms with Crippen molar-refractivity contribution in [2.24, 2.45) is 0 Å². The molecule has 37 heavy (non-hydrogen) atoms. The summed E-state index contributed by atoms with van der Waals surface area (Å²) in [6.45, 7) is -0.0757. The maximum Gasteiger partial charge on any atom is 0.248 e. The Kier molecular flexibility index (Phi) is 8.02. The fourth-order valence-corrected chi connectivity index (χ4v) is 3.75. The highest BCUT2D eigenvalue weighted by molar-refractivity contribution is 6.31. The van der Waals surface area contributed by atoms with E-state index >= 15 is 0 Å². The van der Waals surface area contributed by atoms with Gasteiger partial charge in [0.2, 0.25) is 5.91 Å². The molecule has 188 valence electrons. The summed E-state index contributed by atoms with van der Waals surface area (Å²) in [6, 6.07) is 9.54. The van der Waals surface area contributed by atoms with Crippen LogP contribution in [0.2, 0.25) is 5.02 Å². The summed E-state index contributed by atoms with van der Waals surface area (Å²) < 4.78 is 27.8. The summed E-state index contributed by atoms with van der Waals surface area (Å²) in [7, 11) is 1.76. The zero-order valence-corrected chi connectivity index (χ0v) is 20.4. The number of carbonyl (C=O) groups excluding carboxylic acids is 1. The first-order valence-electron chi connectivity index (χ1n) is 11.1. The van der Waals surface area contributed by atoms with E-state index in [4.69, 9.17) is 11.6 Å². The molecule has 0 aliphatic rings. The summed E-state index contributed by atoms with van der Waals surface area (Å²) >= 11 is 5.93. The van der Waals surface area contributed by atoms with Gasteiger partial charge in [-0.2, -0.15) is 5.26 Å². The third-order valence-corrected chi connectivity index (χ3v) is 5.58. The van der Waals surface area contributed by atoms with Crippen molar-refractivity contribution in [1.82, 2.24) is 25.3 Å². The molecule has 4 rings (SSSR count). The minimum atomic E-state index is -0.610. The second kappa shape index (κ2) is 11.6. The molecule has 1 amide bonds. The van der Waals surface area contributed by atoms with Crippen LogP contribution in [0.3, 0.4) is 0 Å². The van der Waals surface area contributed by atoms with Crippen LogP contribution in [0, 0.1) is 17.1 Å². The van der Waals surface area contributed by atoms with Crippen LogP contribution in [0.5, 0.6) is 0 Å². The van der Waals surface area contributed by atoms with Gasteiger partial charge in [-0.3, -0.25) is 9.78 Å². The van der Waals surface area contributed by atoms with Gasteiger partial charge in [0.05, 0.1) is 40.2 Å². The number of nitrogens with one attached hydrogen (secondary N) is 3. The lowest BCUT2D eigenvalue weighted by atomic mass is 10.0. The molecule has 0 bridgehead atoms. The number of pyridine rings is 1. The van der Waals surface area contributed by atoms with Gasteiger partial charge in [0.25, 0.3) is 0 Å². The lowest BCUT2D eigenvalue weighted by Gasteiger charge is -2.15. The Bertz CT molecular complexity index is 1530. The van der Waals surface area contributed by atoms with Gasteiger partial charge in [0, 0.05) is 35.5 Å². The number of halogens is 3. The van der Waals surface area contributed by atoms with Gasteiger partial charge < -0.3 is 16.0 Å². The van der Waals surface area contributed by atoms with Crippen LogP contribution in [0.4, 0.5) is 25.8 Å². The summed E-state index contributed by atoms with van der Waals surface area (Å²) in [5.41, 5.74) is 2.82. The number of benzene rings is 2. The molecule has 0 unspecified atom stereocenters. The molecule has 3 N–H and O–H groups in total. The van der Waals surface area contributed by atoms with Gasteiger partial charge in [0.15, 0.2) is 0 Å². The zero-order chi connectivity index (χ0) is 26.4. The van der Waals surface area contributed by atoms with Crippen molar-refractivity contribution in [2.45, 2.75) is 6.54 Å². The maximum atomic E-state index is 13.7. The lowest BCUT2D eigenvalue weighted by molar-refractivity contribution is -0.111. The number of carbonyl (C=O) groups is 1. The number of aryl methyl sites for hydroxylation is 1. The Hall–Kier alpha value is -4.40. The van der Waals surface area contributed by atoms with Crippen molar-refractivity contribution in [2.75, 3.05) is 30.9 Å². The van der Waals surface area contributed by atoms with E-state index in [2.05, 4.69) is 37.3 Å². The summed E-state index contributed by atoms with van der Waals surface area (Å²) in [6.07, 6.45) is 6.01. The number of amides is 1. The van der Waals surface area contributed by atoms with Crippen LogP contribution in [0.1, 0.15) is 5.56 Å². The fraction of sp³-hybridized carbons (Fsp3) is 0.160. The molecule has 0 spiro atoms. The number of anilines is 3. The third kappa shape index (κ3) is 5.88. The van der Waals surface area contributed by atoms with Crippen molar-refractivity contribution >= 4 is 45.5 Å². The number of nitriles is 1. The summed E-state index contributed by atoms with van der Waals surface area (Å²) in [4.78, 5) is 17.0. The highest BCUT2D eigenvalue weighted by Gasteiger charge is 2.17. The molecule has 2 aromatic carbocycles. The van der Waals surface area contributed by atoms with Crippen LogP contribution in [-0.4, -0.2) is 46.2 Å². The number of alkyl halides is 1. The van der Waals surface area contributed by atoms with E-state index in [1.54, 1.807) is 31.5 Å². The van der Waals surface area contributed by atoms with E-state index in [0.29, 0.717) is 45.8 Å². The maximum absolute atomic E-state index is 13.7. The molecule has 0 radical (unpaired) electrons. The second-order valence-corrected chi connectivity index (χ2v) is 8.24. The van der Waals surface area contributed by atoms with E-state index in [1.165, 1.54) is 35.2 Å². The second-order valence-electron chi connectivity index (χ2n) is 7.83. The number of aromatic nitrogens is 4. The normalized spacial score (nSPS) is 11.1. The topological polar surface area (TPSA) is 121 Å². The van der Waals surface area contributed by atoms with Crippen LogP contribution >= 0.6 is 11.6 Å². The Balaban J connectivity index is 1.86. The molecule has 9 nitrogen and oxygen atoms in total. The number of hydrogen-bond donors (Lipinski definition) is 3. The van der Waals surface area contributed by atoms with Crippen LogP contribution < -0.4 is 16.0 Å². The van der Waals surface area contributed by atoms with E-state index in [1.807, 2.05) is 0 Å². The quantitative estimate of drug-likeness (QED) is 0.275. The van der Waals surface area contributed by atoms with Crippen molar-refractivity contribution in [3.8, 4) is 17.3 Å². The Morgan fingerprint density at radius 3 is 2.86 bits per heavy atom. The average Bonchev–Trinajstić information content (AvgIpc) is 3.35. The highest BCUT2D eigenvalue weighted by Crippen LogP contribution is 2.36. The molecular weight excluding hydrogens is 502 g/mol. The molecule has 0 atom stereocenters. The monoisotopic (exact) mass is 522 g/mol. The van der Waals surface area contributed by atoms with Gasteiger partial charge >= 0.3 is 0 Å². The number of hydrogen-bond acceptors (Lipinski definition) is 7.